The molecular formula is C56H48BN3S. The van der Waals surface area contributed by atoms with Crippen LogP contribution in [0.1, 0.15) is 78.0 Å². The Morgan fingerprint density at radius 1 is 0.541 bits per heavy atom. The van der Waals surface area contributed by atoms with E-state index in [0.29, 0.717) is 0 Å². The van der Waals surface area contributed by atoms with Crippen LogP contribution < -0.4 is 20.6 Å². The van der Waals surface area contributed by atoms with Gasteiger partial charge in [-0.1, -0.05) is 121 Å². The predicted molar refractivity (Wildman–Crippen MR) is 264 cm³/mol. The number of benzene rings is 7. The van der Waals surface area contributed by atoms with Crippen LogP contribution in [0.25, 0.3) is 65.1 Å². The van der Waals surface area contributed by atoms with Crippen LogP contribution in [0.15, 0.2) is 140 Å². The second-order valence-electron chi connectivity index (χ2n) is 20.4. The van der Waals surface area contributed by atoms with E-state index in [4.69, 9.17) is 0 Å². The van der Waals surface area contributed by atoms with Gasteiger partial charge in [0, 0.05) is 64.7 Å². The number of rotatable bonds is 2. The number of hydrogen-bond acceptors (Lipinski definition) is 2. The average molecular weight is 806 g/mol. The Labute approximate surface area is 361 Å². The predicted octanol–water partition coefficient (Wildman–Crippen LogP) is 13.4. The zero-order chi connectivity index (χ0) is 41.3. The maximum atomic E-state index is 2.66. The van der Waals surface area contributed by atoms with Gasteiger partial charge in [-0.3, -0.25) is 0 Å². The fourth-order valence-electron chi connectivity index (χ4n) is 11.6. The van der Waals surface area contributed by atoms with Crippen molar-refractivity contribution < 1.29 is 0 Å². The van der Waals surface area contributed by atoms with Crippen molar-refractivity contribution in [2.75, 3.05) is 4.90 Å². The molecule has 3 nitrogen and oxygen atoms in total. The molecule has 5 heteroatoms. The summed E-state index contributed by atoms with van der Waals surface area (Å²) in [5.41, 5.74) is 18.8. The number of nitrogens with zero attached hydrogens (tertiary/aromatic N) is 3. The van der Waals surface area contributed by atoms with E-state index in [-0.39, 0.29) is 23.0 Å². The van der Waals surface area contributed by atoms with Gasteiger partial charge in [0.05, 0.1) is 22.2 Å². The largest absolute Gasteiger partial charge is 0.310 e. The van der Waals surface area contributed by atoms with E-state index >= 15 is 0 Å². The molecule has 0 spiro atoms. The van der Waals surface area contributed by atoms with Gasteiger partial charge in [0.2, 0.25) is 0 Å². The third kappa shape index (κ3) is 4.71. The highest BCUT2D eigenvalue weighted by Crippen LogP contribution is 2.51. The first-order valence-electron chi connectivity index (χ1n) is 22.1. The molecule has 13 rings (SSSR count). The highest BCUT2D eigenvalue weighted by atomic mass is 32.1. The van der Waals surface area contributed by atoms with Gasteiger partial charge < -0.3 is 14.0 Å². The SMILES string of the molecule is CC(C)(C)c1ccc2sc3c(c2c1)N(c1ccc2c(c1)C(C)(C)CCC2(C)C)c1cccc2c1B3c1cccc3c4cc5c6ccccc6n(-c6ccccc6)c5cc4n-2c13. The summed E-state index contributed by atoms with van der Waals surface area (Å²) in [7, 11) is 0. The Kier molecular flexibility index (Phi) is 6.94. The van der Waals surface area contributed by atoms with Crippen LogP contribution >= 0.6 is 11.3 Å². The Morgan fingerprint density at radius 2 is 1.25 bits per heavy atom. The van der Waals surface area contributed by atoms with Gasteiger partial charge in [0.25, 0.3) is 6.71 Å². The van der Waals surface area contributed by atoms with E-state index in [1.807, 2.05) is 11.3 Å². The van der Waals surface area contributed by atoms with Gasteiger partial charge in [-0.15, -0.1) is 11.3 Å². The number of hydrogen-bond donors (Lipinski definition) is 0. The van der Waals surface area contributed by atoms with Crippen LogP contribution in [0.2, 0.25) is 0 Å². The third-order valence-electron chi connectivity index (χ3n) is 14.9. The standard InChI is InChI=1S/C56H48BN3S/c1-54(2,3)33-23-26-49-40(29-33)52-53(61-49)57-43-19-13-18-37-39-31-38-36-17-11-12-20-44(36)58(34-15-9-8-10-16-34)47(38)32-48(39)60(51(37)43)46-22-14-21-45(50(46)57)59(52)35-24-25-41-42(30-35)56(6,7)28-27-55(41,4)5/h8-26,29-32H,27-28H2,1-7H3. The van der Waals surface area contributed by atoms with Crippen LogP contribution in [-0.4, -0.2) is 15.8 Å². The van der Waals surface area contributed by atoms with Crippen molar-refractivity contribution in [3.63, 3.8) is 0 Å². The van der Waals surface area contributed by atoms with E-state index in [9.17, 15) is 0 Å². The minimum Gasteiger partial charge on any atom is -0.310 e. The molecule has 5 heterocycles. The molecule has 296 valence electrons. The van der Waals surface area contributed by atoms with Crippen molar-refractivity contribution in [3.8, 4) is 11.4 Å². The lowest BCUT2D eigenvalue weighted by atomic mass is 9.36. The lowest BCUT2D eigenvalue weighted by molar-refractivity contribution is 0.332. The molecule has 0 atom stereocenters. The van der Waals surface area contributed by atoms with Gasteiger partial charge in [-0.2, -0.15) is 0 Å². The molecule has 3 aromatic heterocycles. The van der Waals surface area contributed by atoms with Crippen LogP contribution in [0.3, 0.4) is 0 Å². The molecule has 1 aliphatic carbocycles. The number of para-hydroxylation sites is 3. The number of fused-ring (bicyclic) bond motifs is 13. The number of thiophene rings is 1. The molecule has 0 saturated heterocycles. The lowest BCUT2D eigenvalue weighted by Gasteiger charge is -2.43. The van der Waals surface area contributed by atoms with E-state index < -0.39 is 0 Å². The third-order valence-corrected chi connectivity index (χ3v) is 16.1. The molecule has 0 N–H and O–H groups in total. The zero-order valence-electron chi connectivity index (χ0n) is 36.0. The van der Waals surface area contributed by atoms with Gasteiger partial charge in [-0.25, -0.2) is 0 Å². The van der Waals surface area contributed by atoms with Gasteiger partial charge in [0.15, 0.2) is 0 Å². The molecule has 0 radical (unpaired) electrons. The molecule has 2 aliphatic heterocycles. The Bertz CT molecular complexity index is 3540. The van der Waals surface area contributed by atoms with Crippen LogP contribution in [-0.2, 0) is 16.2 Å². The summed E-state index contributed by atoms with van der Waals surface area (Å²) < 4.78 is 7.87. The smallest absolute Gasteiger partial charge is 0.264 e. The van der Waals surface area contributed by atoms with Crippen LogP contribution in [0.4, 0.5) is 17.1 Å². The molecule has 7 aromatic carbocycles. The maximum Gasteiger partial charge on any atom is 0.264 e. The monoisotopic (exact) mass is 805 g/mol. The minimum atomic E-state index is 0.0310. The van der Waals surface area contributed by atoms with Crippen molar-refractivity contribution in [2.45, 2.75) is 77.6 Å². The Balaban J connectivity index is 1.15. The summed E-state index contributed by atoms with van der Waals surface area (Å²) in [4.78, 5) is 2.66. The minimum absolute atomic E-state index is 0.0310. The lowest BCUT2D eigenvalue weighted by Crippen LogP contribution is -2.59. The number of aromatic nitrogens is 2. The molecule has 10 aromatic rings. The molecule has 3 aliphatic rings. The van der Waals surface area contributed by atoms with E-state index in [2.05, 4.69) is 202 Å². The van der Waals surface area contributed by atoms with Crippen molar-refractivity contribution in [3.05, 3.63) is 156 Å². The molecular weight excluding hydrogens is 758 g/mol. The summed E-state index contributed by atoms with van der Waals surface area (Å²) in [6, 6.07) is 53.7. The van der Waals surface area contributed by atoms with Gasteiger partial charge in [-0.05, 0) is 123 Å². The molecule has 0 unspecified atom stereocenters. The summed E-state index contributed by atoms with van der Waals surface area (Å²) in [5, 5.41) is 6.55. The quantitative estimate of drug-likeness (QED) is 0.159. The van der Waals surface area contributed by atoms with Crippen molar-refractivity contribution >= 4 is 105 Å². The molecule has 0 amide bonds. The van der Waals surface area contributed by atoms with Crippen LogP contribution in [0, 0.1) is 0 Å². The number of anilines is 3. The zero-order valence-corrected chi connectivity index (χ0v) is 36.8. The first-order chi connectivity index (χ1) is 29.4. The normalized spacial score (nSPS) is 16.2. The van der Waals surface area contributed by atoms with E-state index in [1.54, 1.807) is 0 Å². The second-order valence-corrected chi connectivity index (χ2v) is 21.5. The fraction of sp³-hybridized carbons (Fsp3) is 0.214. The fourth-order valence-corrected chi connectivity index (χ4v) is 12.9. The molecule has 0 fully saturated rings. The first kappa shape index (κ1) is 35.7. The Morgan fingerprint density at radius 3 is 2.07 bits per heavy atom. The van der Waals surface area contributed by atoms with Gasteiger partial charge >= 0.3 is 0 Å². The second kappa shape index (κ2) is 11.9. The highest BCUT2D eigenvalue weighted by Gasteiger charge is 2.45. The van der Waals surface area contributed by atoms with Crippen molar-refractivity contribution in [2.24, 2.45) is 0 Å². The Hall–Kier alpha value is -6.04. The van der Waals surface area contributed by atoms with Crippen LogP contribution in [0.5, 0.6) is 0 Å². The van der Waals surface area contributed by atoms with E-state index in [0.717, 1.165) is 0 Å². The molecule has 61 heavy (non-hydrogen) atoms. The van der Waals surface area contributed by atoms with Crippen molar-refractivity contribution in [1.82, 2.24) is 9.13 Å². The summed E-state index contributed by atoms with van der Waals surface area (Å²) in [6.45, 7) is 16.9. The van der Waals surface area contributed by atoms with Gasteiger partial charge in [0.1, 0.15) is 0 Å². The maximum absolute atomic E-state index is 2.66. The summed E-state index contributed by atoms with van der Waals surface area (Å²) in [5.74, 6) is 0. The highest BCUT2D eigenvalue weighted by molar-refractivity contribution is 7.33. The summed E-state index contributed by atoms with van der Waals surface area (Å²) in [6.07, 6.45) is 2.39. The average Bonchev–Trinajstić information content (AvgIpc) is 3.91. The van der Waals surface area contributed by atoms with Crippen molar-refractivity contribution in [1.29, 1.82) is 0 Å². The first-order valence-corrected chi connectivity index (χ1v) is 22.9. The topological polar surface area (TPSA) is 13.1 Å². The van der Waals surface area contributed by atoms with E-state index in [1.165, 1.54) is 127 Å². The molecule has 0 bridgehead atoms. The molecule has 0 saturated carbocycles. The summed E-state index contributed by atoms with van der Waals surface area (Å²) >= 11 is 2.00.